The molecule has 0 aromatic heterocycles. The van der Waals surface area contributed by atoms with Crippen molar-refractivity contribution in [1.29, 1.82) is 0 Å². The monoisotopic (exact) mass is 364 g/mol. The maximum Gasteiger partial charge on any atom is 0.0723 e. The predicted molar refractivity (Wildman–Crippen MR) is 111 cm³/mol. The zero-order valence-corrected chi connectivity index (χ0v) is 16.3. The van der Waals surface area contributed by atoms with Crippen molar-refractivity contribution in [2.45, 2.75) is 63.3 Å². The highest BCUT2D eigenvalue weighted by molar-refractivity contribution is 5.85. The molecule has 2 aromatic carbocycles. The molecule has 0 radical (unpaired) electrons. The summed E-state index contributed by atoms with van der Waals surface area (Å²) in [6.45, 7) is 4.37. The molecule has 4 aliphatic rings. The van der Waals surface area contributed by atoms with E-state index in [9.17, 15) is 5.11 Å². The molecule has 3 nitrogen and oxygen atoms in total. The highest BCUT2D eigenvalue weighted by Crippen LogP contribution is 2.34. The van der Waals surface area contributed by atoms with Crippen molar-refractivity contribution in [3.63, 3.8) is 0 Å². The summed E-state index contributed by atoms with van der Waals surface area (Å²) < 4.78 is 0. The molecule has 2 aromatic rings. The summed E-state index contributed by atoms with van der Waals surface area (Å²) in [7, 11) is 0. The van der Waals surface area contributed by atoms with Crippen LogP contribution in [-0.2, 0) is 6.54 Å². The minimum Gasteiger partial charge on any atom is -0.391 e. The van der Waals surface area contributed by atoms with Crippen molar-refractivity contribution < 1.29 is 5.11 Å². The molecule has 1 N–H and O–H groups in total. The van der Waals surface area contributed by atoms with Crippen LogP contribution in [0.5, 0.6) is 0 Å². The van der Waals surface area contributed by atoms with Crippen LogP contribution in [0, 0.1) is 5.92 Å². The van der Waals surface area contributed by atoms with Gasteiger partial charge in [0.25, 0.3) is 0 Å². The van der Waals surface area contributed by atoms with Crippen LogP contribution in [0.3, 0.4) is 0 Å². The van der Waals surface area contributed by atoms with E-state index in [2.05, 4.69) is 52.3 Å². The summed E-state index contributed by atoms with van der Waals surface area (Å²) in [5.74, 6) is 0.858. The van der Waals surface area contributed by atoms with Crippen LogP contribution in [0.25, 0.3) is 10.8 Å². The average Bonchev–Trinajstić information content (AvgIpc) is 2.70. The normalized spacial score (nSPS) is 30.2. The van der Waals surface area contributed by atoms with E-state index in [0.29, 0.717) is 12.1 Å². The molecule has 3 heterocycles. The molecule has 27 heavy (non-hydrogen) atoms. The molecule has 1 saturated carbocycles. The Morgan fingerprint density at radius 2 is 1.70 bits per heavy atom. The lowest BCUT2D eigenvalue weighted by Crippen LogP contribution is -2.68. The molecule has 0 unspecified atom stereocenters. The molecule has 144 valence electrons. The van der Waals surface area contributed by atoms with E-state index in [1.165, 1.54) is 55.0 Å². The molecule has 0 amide bonds. The van der Waals surface area contributed by atoms with Crippen LogP contribution in [0.15, 0.2) is 42.5 Å². The second kappa shape index (κ2) is 7.54. The molecule has 2 bridgehead atoms. The standard InChI is InChI=1S/C24H32N2O/c27-24-13-21-16-26(14-18-7-2-1-3-8-18)23(24)17-25(21)15-20-11-6-10-19-9-4-5-12-22(19)20/h4-6,9-12,18,21,23-24,27H,1-3,7-8,13-17H2/t21-,23+,24-/m1/s1. The summed E-state index contributed by atoms with van der Waals surface area (Å²) in [6, 6.07) is 16.2. The number of nitrogens with zero attached hydrogens (tertiary/aromatic N) is 2. The topological polar surface area (TPSA) is 26.7 Å². The Morgan fingerprint density at radius 3 is 2.56 bits per heavy atom. The average molecular weight is 365 g/mol. The third-order valence-corrected chi connectivity index (χ3v) is 7.28. The number of aliphatic hydroxyl groups excluding tert-OH is 1. The highest BCUT2D eigenvalue weighted by atomic mass is 16.3. The summed E-state index contributed by atoms with van der Waals surface area (Å²) in [5, 5.41) is 13.4. The van der Waals surface area contributed by atoms with Crippen LogP contribution in [-0.4, -0.2) is 52.7 Å². The first-order valence-corrected chi connectivity index (χ1v) is 10.9. The fourth-order valence-electron chi connectivity index (χ4n) is 5.80. The van der Waals surface area contributed by atoms with Gasteiger partial charge >= 0.3 is 0 Å². The van der Waals surface area contributed by atoms with E-state index < -0.39 is 0 Å². The Balaban J connectivity index is 1.30. The van der Waals surface area contributed by atoms with E-state index in [-0.39, 0.29) is 6.10 Å². The van der Waals surface area contributed by atoms with Gasteiger partial charge in [-0.1, -0.05) is 61.7 Å². The predicted octanol–water partition coefficient (Wildman–Crippen LogP) is 4.04. The van der Waals surface area contributed by atoms with Gasteiger partial charge in [-0.3, -0.25) is 9.80 Å². The highest BCUT2D eigenvalue weighted by Gasteiger charge is 2.44. The third-order valence-electron chi connectivity index (χ3n) is 7.28. The number of benzene rings is 2. The molecule has 3 atom stereocenters. The molecular weight excluding hydrogens is 332 g/mol. The zero-order chi connectivity index (χ0) is 18.2. The molecule has 3 heteroatoms. The van der Waals surface area contributed by atoms with Gasteiger partial charge in [0, 0.05) is 38.3 Å². The summed E-state index contributed by atoms with van der Waals surface area (Å²) in [4.78, 5) is 5.27. The summed E-state index contributed by atoms with van der Waals surface area (Å²) in [6.07, 6.45) is 7.81. The van der Waals surface area contributed by atoms with Gasteiger partial charge < -0.3 is 5.11 Å². The van der Waals surface area contributed by atoms with Crippen molar-refractivity contribution in [2.75, 3.05) is 19.6 Å². The lowest BCUT2D eigenvalue weighted by atomic mass is 9.84. The Labute approximate surface area is 163 Å². The van der Waals surface area contributed by atoms with Crippen molar-refractivity contribution in [3.05, 3.63) is 48.0 Å². The van der Waals surface area contributed by atoms with Gasteiger partial charge in [0.05, 0.1) is 6.10 Å². The minimum atomic E-state index is -0.142. The Bertz CT molecular complexity index is 780. The van der Waals surface area contributed by atoms with Crippen LogP contribution < -0.4 is 0 Å². The van der Waals surface area contributed by atoms with Crippen LogP contribution in [0.2, 0.25) is 0 Å². The van der Waals surface area contributed by atoms with Crippen LogP contribution >= 0.6 is 0 Å². The molecule has 6 rings (SSSR count). The SMILES string of the molecule is O[C@@H]1C[C@@H]2CN(CC3CCCCC3)[C@H]1CN2Cc1cccc2ccccc12. The maximum atomic E-state index is 10.7. The second-order valence-corrected chi connectivity index (χ2v) is 9.05. The minimum absolute atomic E-state index is 0.142. The fourth-order valence-corrected chi connectivity index (χ4v) is 5.80. The molecule has 4 fully saturated rings. The van der Waals surface area contributed by atoms with Crippen LogP contribution in [0.1, 0.15) is 44.1 Å². The second-order valence-electron chi connectivity index (χ2n) is 9.05. The third kappa shape index (κ3) is 3.53. The largest absolute Gasteiger partial charge is 0.391 e. The molecule has 3 saturated heterocycles. The van der Waals surface area contributed by atoms with Gasteiger partial charge in [0.1, 0.15) is 0 Å². The van der Waals surface area contributed by atoms with Gasteiger partial charge in [-0.2, -0.15) is 0 Å². The fraction of sp³-hybridized carbons (Fsp3) is 0.583. The quantitative estimate of drug-likeness (QED) is 0.887. The lowest BCUT2D eigenvalue weighted by molar-refractivity contribution is -0.102. The first-order valence-electron chi connectivity index (χ1n) is 10.9. The number of piperidine rings is 2. The molecule has 3 aliphatic heterocycles. The number of hydrogen-bond donors (Lipinski definition) is 1. The zero-order valence-electron chi connectivity index (χ0n) is 16.3. The smallest absolute Gasteiger partial charge is 0.0723 e. The van der Waals surface area contributed by atoms with E-state index in [1.807, 2.05) is 0 Å². The maximum absolute atomic E-state index is 10.7. The first-order chi connectivity index (χ1) is 13.3. The van der Waals surface area contributed by atoms with Crippen molar-refractivity contribution in [2.24, 2.45) is 5.92 Å². The molecule has 1 aliphatic carbocycles. The van der Waals surface area contributed by atoms with Gasteiger partial charge in [-0.15, -0.1) is 0 Å². The van der Waals surface area contributed by atoms with Crippen molar-refractivity contribution >= 4 is 10.8 Å². The molecular formula is C24H32N2O. The van der Waals surface area contributed by atoms with E-state index >= 15 is 0 Å². The van der Waals surface area contributed by atoms with Crippen LogP contribution in [0.4, 0.5) is 0 Å². The Hall–Kier alpha value is -1.42. The number of aliphatic hydroxyl groups is 1. The molecule has 0 spiro atoms. The van der Waals surface area contributed by atoms with Gasteiger partial charge in [0.2, 0.25) is 0 Å². The summed E-state index contributed by atoms with van der Waals surface area (Å²) in [5.41, 5.74) is 1.42. The lowest BCUT2D eigenvalue weighted by Gasteiger charge is -2.54. The van der Waals surface area contributed by atoms with E-state index in [4.69, 9.17) is 0 Å². The number of rotatable bonds is 4. The Morgan fingerprint density at radius 1 is 0.889 bits per heavy atom. The first kappa shape index (κ1) is 17.7. The van der Waals surface area contributed by atoms with Crippen molar-refractivity contribution in [1.82, 2.24) is 9.80 Å². The number of piperazine rings is 1. The summed E-state index contributed by atoms with van der Waals surface area (Å²) >= 11 is 0. The number of hydrogen-bond acceptors (Lipinski definition) is 3. The van der Waals surface area contributed by atoms with Gasteiger partial charge in [-0.25, -0.2) is 0 Å². The van der Waals surface area contributed by atoms with Crippen molar-refractivity contribution in [3.8, 4) is 0 Å². The Kier molecular flexibility index (Phi) is 4.93. The van der Waals surface area contributed by atoms with Gasteiger partial charge in [0.15, 0.2) is 0 Å². The van der Waals surface area contributed by atoms with E-state index in [1.54, 1.807) is 0 Å². The van der Waals surface area contributed by atoms with Gasteiger partial charge in [-0.05, 0) is 41.5 Å². The van der Waals surface area contributed by atoms with E-state index in [0.717, 1.165) is 32.0 Å². The number of fused-ring (bicyclic) bond motifs is 4.